The quantitative estimate of drug-likeness (QED) is 0.504. The topological polar surface area (TPSA) is 68.1 Å². The lowest BCUT2D eigenvalue weighted by Crippen LogP contribution is -2.16. The molecule has 0 saturated heterocycles. The van der Waals surface area contributed by atoms with E-state index in [1.165, 1.54) is 12.6 Å². The van der Waals surface area contributed by atoms with E-state index in [0.717, 1.165) is 19.4 Å². The minimum atomic E-state index is -0.405. The Morgan fingerprint density at radius 3 is 3.00 bits per heavy atom. The molecule has 1 unspecified atom stereocenters. The first kappa shape index (κ1) is 12.5. The lowest BCUT2D eigenvalue weighted by atomic mass is 9.94. The summed E-state index contributed by atoms with van der Waals surface area (Å²) in [6.07, 6.45) is 9.17. The van der Waals surface area contributed by atoms with Gasteiger partial charge in [0.2, 0.25) is 0 Å². The summed E-state index contributed by atoms with van der Waals surface area (Å²) >= 11 is 0. The van der Waals surface area contributed by atoms with E-state index in [9.17, 15) is 10.1 Å². The molecule has 5 nitrogen and oxygen atoms in total. The molecule has 1 aromatic rings. The Hall–Kier alpha value is -1.91. The number of hydrogen-bond donors (Lipinski definition) is 1. The Balaban J connectivity index is 1.95. The Labute approximate surface area is 106 Å². The van der Waals surface area contributed by atoms with Gasteiger partial charge in [-0.2, -0.15) is 0 Å². The van der Waals surface area contributed by atoms with Gasteiger partial charge in [-0.15, -0.1) is 0 Å². The highest BCUT2D eigenvalue weighted by molar-refractivity contribution is 5.46. The number of rotatable bonds is 4. The lowest BCUT2D eigenvalue weighted by Gasteiger charge is -2.18. The Bertz CT molecular complexity index is 471. The van der Waals surface area contributed by atoms with Crippen molar-refractivity contribution in [2.24, 2.45) is 5.92 Å². The van der Waals surface area contributed by atoms with Crippen LogP contribution in [0.4, 0.5) is 11.5 Å². The van der Waals surface area contributed by atoms with Crippen molar-refractivity contribution in [3.63, 3.8) is 0 Å². The van der Waals surface area contributed by atoms with E-state index in [4.69, 9.17) is 0 Å². The Morgan fingerprint density at radius 2 is 2.39 bits per heavy atom. The second-order valence-corrected chi connectivity index (χ2v) is 4.64. The number of anilines is 1. The van der Waals surface area contributed by atoms with Crippen molar-refractivity contribution in [3.8, 4) is 0 Å². The van der Waals surface area contributed by atoms with Gasteiger partial charge in [0, 0.05) is 12.1 Å². The second-order valence-electron chi connectivity index (χ2n) is 4.64. The van der Waals surface area contributed by atoms with Crippen molar-refractivity contribution in [3.05, 3.63) is 40.1 Å². The van der Waals surface area contributed by atoms with Crippen LogP contribution in [0.15, 0.2) is 24.4 Å². The molecule has 0 aliphatic heterocycles. The molecule has 1 heterocycles. The van der Waals surface area contributed by atoms with Crippen LogP contribution >= 0.6 is 0 Å². The summed E-state index contributed by atoms with van der Waals surface area (Å²) in [5.41, 5.74) is 0.710. The lowest BCUT2D eigenvalue weighted by molar-refractivity contribution is -0.385. The van der Waals surface area contributed by atoms with Gasteiger partial charge in [-0.3, -0.25) is 10.1 Å². The molecule has 0 saturated carbocycles. The van der Waals surface area contributed by atoms with Gasteiger partial charge in [0.1, 0.15) is 12.0 Å². The standard InChI is InChI=1S/C13H17N3O2/c1-10-7-13(15-9-12(10)16(17)18)14-8-11-5-3-2-4-6-11/h2-3,7,9,11H,4-6,8H2,1H3,(H,14,15). The Morgan fingerprint density at radius 1 is 1.56 bits per heavy atom. The second kappa shape index (κ2) is 5.62. The van der Waals surface area contributed by atoms with Gasteiger partial charge in [-0.25, -0.2) is 4.98 Å². The molecule has 1 aromatic heterocycles. The SMILES string of the molecule is Cc1cc(NCC2CC=CCC2)ncc1[N+](=O)[O-]. The molecular formula is C13H17N3O2. The number of aryl methyl sites for hydroxylation is 1. The van der Waals surface area contributed by atoms with Crippen molar-refractivity contribution < 1.29 is 4.92 Å². The number of nitrogens with one attached hydrogen (secondary N) is 1. The molecular weight excluding hydrogens is 230 g/mol. The maximum atomic E-state index is 10.7. The fourth-order valence-electron chi connectivity index (χ4n) is 2.13. The van der Waals surface area contributed by atoms with Gasteiger partial charge in [0.05, 0.1) is 4.92 Å². The maximum Gasteiger partial charge on any atom is 0.290 e. The summed E-state index contributed by atoms with van der Waals surface area (Å²) in [4.78, 5) is 14.3. The van der Waals surface area contributed by atoms with Gasteiger partial charge < -0.3 is 5.32 Å². The van der Waals surface area contributed by atoms with Gasteiger partial charge in [-0.05, 0) is 38.2 Å². The molecule has 0 aromatic carbocycles. The molecule has 5 heteroatoms. The number of pyridine rings is 1. The van der Waals surface area contributed by atoms with Crippen LogP contribution < -0.4 is 5.32 Å². The number of nitro groups is 1. The van der Waals surface area contributed by atoms with Crippen molar-refractivity contribution in [1.29, 1.82) is 0 Å². The van der Waals surface area contributed by atoms with Crippen molar-refractivity contribution in [2.75, 3.05) is 11.9 Å². The van der Waals surface area contributed by atoms with E-state index in [1.807, 2.05) is 0 Å². The first-order chi connectivity index (χ1) is 8.66. The van der Waals surface area contributed by atoms with E-state index < -0.39 is 4.92 Å². The molecule has 1 N–H and O–H groups in total. The summed E-state index contributed by atoms with van der Waals surface area (Å²) in [5.74, 6) is 1.35. The van der Waals surface area contributed by atoms with Gasteiger partial charge in [0.15, 0.2) is 0 Å². The molecule has 2 rings (SSSR count). The first-order valence-electron chi connectivity index (χ1n) is 6.16. The molecule has 0 fully saturated rings. The van der Waals surface area contributed by atoms with E-state index in [2.05, 4.69) is 22.5 Å². The fourth-order valence-corrected chi connectivity index (χ4v) is 2.13. The third kappa shape index (κ3) is 3.06. The Kier molecular flexibility index (Phi) is 3.92. The van der Waals surface area contributed by atoms with Crippen LogP contribution in [0.1, 0.15) is 24.8 Å². The van der Waals surface area contributed by atoms with E-state index in [-0.39, 0.29) is 5.69 Å². The van der Waals surface area contributed by atoms with Crippen LogP contribution in [0.3, 0.4) is 0 Å². The zero-order chi connectivity index (χ0) is 13.0. The largest absolute Gasteiger partial charge is 0.370 e. The fraction of sp³-hybridized carbons (Fsp3) is 0.462. The highest BCUT2D eigenvalue weighted by Gasteiger charge is 2.13. The highest BCUT2D eigenvalue weighted by atomic mass is 16.6. The van der Waals surface area contributed by atoms with E-state index >= 15 is 0 Å². The molecule has 0 spiro atoms. The summed E-state index contributed by atoms with van der Waals surface area (Å²) < 4.78 is 0. The van der Waals surface area contributed by atoms with Crippen LogP contribution in [0.5, 0.6) is 0 Å². The zero-order valence-corrected chi connectivity index (χ0v) is 10.4. The van der Waals surface area contributed by atoms with Crippen molar-refractivity contribution >= 4 is 11.5 Å². The van der Waals surface area contributed by atoms with E-state index in [1.54, 1.807) is 13.0 Å². The van der Waals surface area contributed by atoms with Crippen LogP contribution in [0.2, 0.25) is 0 Å². The third-order valence-corrected chi connectivity index (χ3v) is 3.23. The van der Waals surface area contributed by atoms with Crippen LogP contribution in [-0.2, 0) is 0 Å². The minimum Gasteiger partial charge on any atom is -0.370 e. The molecule has 0 radical (unpaired) electrons. The van der Waals surface area contributed by atoms with Crippen LogP contribution in [0.25, 0.3) is 0 Å². The zero-order valence-electron chi connectivity index (χ0n) is 10.4. The molecule has 96 valence electrons. The predicted octanol–water partition coefficient (Wildman–Crippen LogP) is 3.07. The molecule has 1 aliphatic carbocycles. The third-order valence-electron chi connectivity index (χ3n) is 3.23. The highest BCUT2D eigenvalue weighted by Crippen LogP contribution is 2.21. The first-order valence-corrected chi connectivity index (χ1v) is 6.16. The molecule has 0 amide bonds. The predicted molar refractivity (Wildman–Crippen MR) is 70.6 cm³/mol. The smallest absolute Gasteiger partial charge is 0.290 e. The maximum absolute atomic E-state index is 10.7. The summed E-state index contributed by atoms with van der Waals surface area (Å²) in [5, 5.41) is 13.9. The number of aromatic nitrogens is 1. The van der Waals surface area contributed by atoms with Crippen LogP contribution in [0, 0.1) is 23.0 Å². The summed E-state index contributed by atoms with van der Waals surface area (Å²) in [6.45, 7) is 2.60. The van der Waals surface area contributed by atoms with Crippen LogP contribution in [-0.4, -0.2) is 16.5 Å². The molecule has 1 aliphatic rings. The molecule has 0 bridgehead atoms. The molecule has 18 heavy (non-hydrogen) atoms. The average molecular weight is 247 g/mol. The number of allylic oxidation sites excluding steroid dienone is 2. The van der Waals surface area contributed by atoms with Gasteiger partial charge in [-0.1, -0.05) is 12.2 Å². The monoisotopic (exact) mass is 247 g/mol. The van der Waals surface area contributed by atoms with Gasteiger partial charge >= 0.3 is 0 Å². The normalized spacial score (nSPS) is 18.6. The van der Waals surface area contributed by atoms with Gasteiger partial charge in [0.25, 0.3) is 5.69 Å². The van der Waals surface area contributed by atoms with Crippen molar-refractivity contribution in [2.45, 2.75) is 26.2 Å². The summed E-state index contributed by atoms with van der Waals surface area (Å²) in [7, 11) is 0. The van der Waals surface area contributed by atoms with E-state index in [0.29, 0.717) is 17.3 Å². The number of nitrogens with zero attached hydrogens (tertiary/aromatic N) is 2. The van der Waals surface area contributed by atoms with Crippen molar-refractivity contribution in [1.82, 2.24) is 4.98 Å². The number of hydrogen-bond acceptors (Lipinski definition) is 4. The average Bonchev–Trinajstić information content (AvgIpc) is 2.37. The summed E-state index contributed by atoms with van der Waals surface area (Å²) in [6, 6.07) is 1.73. The molecule has 1 atom stereocenters. The minimum absolute atomic E-state index is 0.0705.